The van der Waals surface area contributed by atoms with E-state index in [4.69, 9.17) is 17.2 Å². The molecule has 2 aliphatic carbocycles. The lowest BCUT2D eigenvalue weighted by atomic mass is 9.96. The summed E-state index contributed by atoms with van der Waals surface area (Å²) in [7, 11) is 0. The molecule has 6 nitrogen and oxygen atoms in total. The molecule has 0 aliphatic heterocycles. The van der Waals surface area contributed by atoms with Gasteiger partial charge in [0, 0.05) is 29.4 Å². The zero-order valence-corrected chi connectivity index (χ0v) is 17.3. The molecule has 2 bridgehead atoms. The van der Waals surface area contributed by atoms with E-state index < -0.39 is 0 Å². The Balaban J connectivity index is 1.33. The Morgan fingerprint density at radius 3 is 2.63 bits per heavy atom. The highest BCUT2D eigenvalue weighted by Gasteiger charge is 2.39. The van der Waals surface area contributed by atoms with Gasteiger partial charge in [-0.05, 0) is 67.6 Å². The van der Waals surface area contributed by atoms with Gasteiger partial charge in [-0.15, -0.1) is 0 Å². The van der Waals surface area contributed by atoms with Crippen LogP contribution < -0.4 is 16.2 Å². The van der Waals surface area contributed by atoms with Crippen LogP contribution in [-0.4, -0.2) is 27.0 Å². The van der Waals surface area contributed by atoms with Crippen LogP contribution >= 0.6 is 12.2 Å². The van der Waals surface area contributed by atoms with Crippen LogP contribution in [0.4, 0.5) is 0 Å². The quantitative estimate of drug-likeness (QED) is 0.446. The molecule has 0 unspecified atom stereocenters. The van der Waals surface area contributed by atoms with Gasteiger partial charge in [0.25, 0.3) is 5.91 Å². The number of hydrogen-bond donors (Lipinski definition) is 3. The molecule has 5 rings (SSSR count). The topological polar surface area (TPSA) is 78.9 Å². The molecule has 152 valence electrons. The summed E-state index contributed by atoms with van der Waals surface area (Å²) >= 11 is 5.42. The number of rotatable bonds is 3. The van der Waals surface area contributed by atoms with Crippen molar-refractivity contribution in [3.63, 3.8) is 0 Å². The van der Waals surface area contributed by atoms with Gasteiger partial charge in [-0.1, -0.05) is 24.6 Å². The second-order valence-electron chi connectivity index (χ2n) is 8.14. The van der Waals surface area contributed by atoms with Gasteiger partial charge < -0.3 is 5.32 Å². The number of aromatic nitrogens is 2. The number of amides is 1. The number of carbonyl (C=O) groups excluding carboxylic acids is 1. The van der Waals surface area contributed by atoms with Crippen LogP contribution in [0.5, 0.6) is 0 Å². The Morgan fingerprint density at radius 2 is 1.87 bits per heavy atom. The first-order valence-electron chi connectivity index (χ1n) is 10.3. The Hall–Kier alpha value is -3.06. The predicted octanol–water partition coefficient (Wildman–Crippen LogP) is 3.59. The van der Waals surface area contributed by atoms with E-state index in [1.165, 1.54) is 25.7 Å². The van der Waals surface area contributed by atoms with Crippen molar-refractivity contribution in [2.45, 2.75) is 31.7 Å². The van der Waals surface area contributed by atoms with Crippen LogP contribution in [0, 0.1) is 11.8 Å². The Labute approximate surface area is 180 Å². The lowest BCUT2D eigenvalue weighted by Gasteiger charge is -2.24. The largest absolute Gasteiger partial charge is 0.358 e. The van der Waals surface area contributed by atoms with Crippen molar-refractivity contribution in [1.29, 1.82) is 0 Å². The lowest BCUT2D eigenvalue weighted by molar-refractivity contribution is 0.0945. The van der Waals surface area contributed by atoms with Crippen molar-refractivity contribution in [2.24, 2.45) is 11.8 Å². The maximum absolute atomic E-state index is 13.0. The second kappa shape index (κ2) is 7.99. The fraction of sp³-hybridized carbons (Fsp3) is 0.304. The van der Waals surface area contributed by atoms with Crippen molar-refractivity contribution in [1.82, 2.24) is 26.1 Å². The van der Waals surface area contributed by atoms with Crippen molar-refractivity contribution in [3.05, 3.63) is 60.4 Å². The highest BCUT2D eigenvalue weighted by Crippen LogP contribution is 2.44. The highest BCUT2D eigenvalue weighted by atomic mass is 32.1. The minimum Gasteiger partial charge on any atom is -0.358 e. The molecule has 0 spiro atoms. The Bertz CT molecular complexity index is 1100. The van der Waals surface area contributed by atoms with E-state index in [9.17, 15) is 4.79 Å². The molecule has 2 aromatic heterocycles. The standard InChI is InChI=1S/C23H23N5OS/c29-22(27-28-23(30)26-20-12-14-5-6-16(20)11-14)18-13-21(15-7-9-24-10-8-15)25-19-4-2-1-3-17(18)19/h1-4,7-10,13-14,16,20H,5-6,11-12H2,(H,27,29)(H2,26,28,30)/t14-,16+,20-/m0/s1. The summed E-state index contributed by atoms with van der Waals surface area (Å²) < 4.78 is 0. The van der Waals surface area contributed by atoms with Crippen LogP contribution in [0.15, 0.2) is 54.9 Å². The number of hydrazine groups is 1. The van der Waals surface area contributed by atoms with Crippen LogP contribution in [0.25, 0.3) is 22.2 Å². The summed E-state index contributed by atoms with van der Waals surface area (Å²) in [5.74, 6) is 1.29. The first-order chi connectivity index (χ1) is 14.7. The van der Waals surface area contributed by atoms with Gasteiger partial charge in [0.15, 0.2) is 5.11 Å². The number of para-hydroxylation sites is 1. The monoisotopic (exact) mass is 417 g/mol. The SMILES string of the molecule is O=C(NNC(=S)N[C@H]1C[C@H]2CC[C@@H]1C2)c1cc(-c2ccncc2)nc2ccccc12. The maximum atomic E-state index is 13.0. The Morgan fingerprint density at radius 1 is 1.03 bits per heavy atom. The third kappa shape index (κ3) is 3.73. The molecular formula is C23H23N5OS. The van der Waals surface area contributed by atoms with Crippen molar-refractivity contribution >= 4 is 34.1 Å². The van der Waals surface area contributed by atoms with Gasteiger partial charge in [0.05, 0.1) is 16.8 Å². The Kier molecular flexibility index (Phi) is 5.04. The second-order valence-corrected chi connectivity index (χ2v) is 8.55. The van der Waals surface area contributed by atoms with E-state index in [-0.39, 0.29) is 5.91 Å². The van der Waals surface area contributed by atoms with Crippen LogP contribution in [0.3, 0.4) is 0 Å². The smallest absolute Gasteiger partial charge is 0.270 e. The molecule has 30 heavy (non-hydrogen) atoms. The zero-order valence-electron chi connectivity index (χ0n) is 16.5. The van der Waals surface area contributed by atoms with Gasteiger partial charge in [-0.25, -0.2) is 4.98 Å². The summed E-state index contributed by atoms with van der Waals surface area (Å²) in [5, 5.41) is 4.64. The number of pyridine rings is 2. The third-order valence-electron chi connectivity index (χ3n) is 6.28. The van der Waals surface area contributed by atoms with Crippen LogP contribution in [-0.2, 0) is 0 Å². The highest BCUT2D eigenvalue weighted by molar-refractivity contribution is 7.80. The van der Waals surface area contributed by atoms with Gasteiger partial charge >= 0.3 is 0 Å². The fourth-order valence-electron chi connectivity index (χ4n) is 4.84. The number of nitrogens with zero attached hydrogens (tertiary/aromatic N) is 2. The average molecular weight is 418 g/mol. The van der Waals surface area contributed by atoms with E-state index in [2.05, 4.69) is 21.2 Å². The molecular weight excluding hydrogens is 394 g/mol. The molecule has 0 saturated heterocycles. The third-order valence-corrected chi connectivity index (χ3v) is 6.50. The van der Waals surface area contributed by atoms with Gasteiger partial charge in [0.1, 0.15) is 0 Å². The summed E-state index contributed by atoms with van der Waals surface area (Å²) in [6.07, 6.45) is 8.52. The molecule has 1 amide bonds. The lowest BCUT2D eigenvalue weighted by Crippen LogP contribution is -2.50. The fourth-order valence-corrected chi connectivity index (χ4v) is 5.04. The van der Waals surface area contributed by atoms with E-state index in [1.807, 2.05) is 36.4 Å². The van der Waals surface area contributed by atoms with Gasteiger partial charge in [-0.2, -0.15) is 0 Å². The zero-order chi connectivity index (χ0) is 20.5. The summed E-state index contributed by atoms with van der Waals surface area (Å²) in [5.41, 5.74) is 8.58. The normalized spacial score (nSPS) is 22.1. The average Bonchev–Trinajstić information content (AvgIpc) is 3.40. The van der Waals surface area contributed by atoms with E-state index >= 15 is 0 Å². The molecule has 0 radical (unpaired) electrons. The maximum Gasteiger partial charge on any atom is 0.270 e. The van der Waals surface area contributed by atoms with Crippen molar-refractivity contribution in [3.8, 4) is 11.3 Å². The summed E-state index contributed by atoms with van der Waals surface area (Å²) in [6.45, 7) is 0. The molecule has 3 N–H and O–H groups in total. The van der Waals surface area contributed by atoms with E-state index in [0.29, 0.717) is 22.6 Å². The molecule has 3 aromatic rings. The summed E-state index contributed by atoms with van der Waals surface area (Å²) in [6, 6.07) is 13.6. The molecule has 7 heteroatoms. The molecule has 3 atom stereocenters. The van der Waals surface area contributed by atoms with Crippen LogP contribution in [0.2, 0.25) is 0 Å². The van der Waals surface area contributed by atoms with Gasteiger partial charge in [0.2, 0.25) is 0 Å². The van der Waals surface area contributed by atoms with E-state index in [0.717, 1.165) is 28.1 Å². The number of benzene rings is 1. The number of nitrogens with one attached hydrogen (secondary N) is 3. The summed E-state index contributed by atoms with van der Waals surface area (Å²) in [4.78, 5) is 21.8. The number of hydrogen-bond acceptors (Lipinski definition) is 4. The predicted molar refractivity (Wildman–Crippen MR) is 121 cm³/mol. The first kappa shape index (κ1) is 18.9. The van der Waals surface area contributed by atoms with Crippen LogP contribution in [0.1, 0.15) is 36.0 Å². The van der Waals surface area contributed by atoms with Crippen molar-refractivity contribution in [2.75, 3.05) is 0 Å². The number of fused-ring (bicyclic) bond motifs is 3. The van der Waals surface area contributed by atoms with E-state index in [1.54, 1.807) is 18.5 Å². The minimum absolute atomic E-state index is 0.249. The first-order valence-corrected chi connectivity index (χ1v) is 10.8. The minimum atomic E-state index is -0.249. The molecule has 1 aromatic carbocycles. The molecule has 2 heterocycles. The molecule has 2 saturated carbocycles. The van der Waals surface area contributed by atoms with Gasteiger partial charge in [-0.3, -0.25) is 20.6 Å². The number of thiocarbonyl (C=S) groups is 1. The number of carbonyl (C=O) groups is 1. The van der Waals surface area contributed by atoms with Crippen molar-refractivity contribution < 1.29 is 4.79 Å². The molecule has 2 fully saturated rings. The molecule has 2 aliphatic rings.